The highest BCUT2D eigenvalue weighted by Gasteiger charge is 2.13. The molecular formula is C11H17NO2. The van der Waals surface area contributed by atoms with Crippen LogP contribution >= 0.6 is 0 Å². The van der Waals surface area contributed by atoms with Crippen molar-refractivity contribution in [3.63, 3.8) is 0 Å². The second kappa shape index (κ2) is 4.98. The zero-order valence-corrected chi connectivity index (χ0v) is 8.66. The molecule has 14 heavy (non-hydrogen) atoms. The van der Waals surface area contributed by atoms with Gasteiger partial charge in [-0.25, -0.2) is 0 Å². The van der Waals surface area contributed by atoms with E-state index in [0.29, 0.717) is 13.0 Å². The van der Waals surface area contributed by atoms with Crippen molar-refractivity contribution < 1.29 is 9.84 Å². The molecule has 0 aliphatic heterocycles. The number of rotatable bonds is 4. The van der Waals surface area contributed by atoms with Gasteiger partial charge in [-0.2, -0.15) is 0 Å². The quantitative estimate of drug-likeness (QED) is 0.763. The average molecular weight is 195 g/mol. The molecule has 3 N–H and O–H groups in total. The van der Waals surface area contributed by atoms with Crippen molar-refractivity contribution in [3.8, 4) is 5.75 Å². The van der Waals surface area contributed by atoms with Crippen LogP contribution in [0.15, 0.2) is 18.2 Å². The van der Waals surface area contributed by atoms with Crippen LogP contribution in [0.2, 0.25) is 0 Å². The summed E-state index contributed by atoms with van der Waals surface area (Å²) in [6.45, 7) is 2.43. The van der Waals surface area contributed by atoms with Crippen molar-refractivity contribution in [1.29, 1.82) is 0 Å². The van der Waals surface area contributed by atoms with Crippen molar-refractivity contribution in [2.45, 2.75) is 19.4 Å². The Bertz CT molecular complexity index is 299. The van der Waals surface area contributed by atoms with E-state index in [0.717, 1.165) is 16.9 Å². The lowest BCUT2D eigenvalue weighted by atomic mass is 10.0. The van der Waals surface area contributed by atoms with E-state index in [9.17, 15) is 5.11 Å². The third-order valence-corrected chi connectivity index (χ3v) is 2.25. The summed E-state index contributed by atoms with van der Waals surface area (Å²) >= 11 is 0. The second-order valence-electron chi connectivity index (χ2n) is 3.29. The summed E-state index contributed by atoms with van der Waals surface area (Å²) in [5.41, 5.74) is 7.24. The molecule has 0 aliphatic rings. The molecule has 0 unspecified atom stereocenters. The first-order valence-electron chi connectivity index (χ1n) is 4.72. The number of hydrogen-bond acceptors (Lipinski definition) is 3. The van der Waals surface area contributed by atoms with Crippen LogP contribution < -0.4 is 10.5 Å². The van der Waals surface area contributed by atoms with Gasteiger partial charge in [0, 0.05) is 5.56 Å². The minimum absolute atomic E-state index is 0.470. The summed E-state index contributed by atoms with van der Waals surface area (Å²) in [6.07, 6.45) is 0.0228. The van der Waals surface area contributed by atoms with E-state index in [-0.39, 0.29) is 0 Å². The van der Waals surface area contributed by atoms with Crippen LogP contribution in [0.1, 0.15) is 23.7 Å². The lowest BCUT2D eigenvalue weighted by Gasteiger charge is -2.15. The molecule has 0 saturated heterocycles. The van der Waals surface area contributed by atoms with Crippen LogP contribution in [0.3, 0.4) is 0 Å². The smallest absolute Gasteiger partial charge is 0.127 e. The van der Waals surface area contributed by atoms with E-state index >= 15 is 0 Å². The number of benzene rings is 1. The van der Waals surface area contributed by atoms with Crippen molar-refractivity contribution >= 4 is 0 Å². The van der Waals surface area contributed by atoms with Gasteiger partial charge in [0.2, 0.25) is 0 Å². The van der Waals surface area contributed by atoms with Gasteiger partial charge in [0.1, 0.15) is 5.75 Å². The molecule has 1 aromatic rings. The van der Waals surface area contributed by atoms with Crippen molar-refractivity contribution in [2.75, 3.05) is 13.7 Å². The fourth-order valence-electron chi connectivity index (χ4n) is 1.53. The van der Waals surface area contributed by atoms with Gasteiger partial charge < -0.3 is 15.6 Å². The molecular weight excluding hydrogens is 178 g/mol. The van der Waals surface area contributed by atoms with Gasteiger partial charge in [0.15, 0.2) is 0 Å². The van der Waals surface area contributed by atoms with E-state index < -0.39 is 6.10 Å². The van der Waals surface area contributed by atoms with Gasteiger partial charge in [0.25, 0.3) is 0 Å². The Morgan fingerprint density at radius 3 is 2.79 bits per heavy atom. The number of ether oxygens (including phenoxy) is 1. The molecule has 78 valence electrons. The zero-order valence-electron chi connectivity index (χ0n) is 8.66. The van der Waals surface area contributed by atoms with Gasteiger partial charge in [-0.3, -0.25) is 0 Å². The van der Waals surface area contributed by atoms with Crippen LogP contribution in [0.25, 0.3) is 0 Å². The maximum atomic E-state index is 9.80. The number of aliphatic hydroxyl groups excluding tert-OH is 1. The molecule has 0 aromatic heterocycles. The average Bonchev–Trinajstić information content (AvgIpc) is 2.17. The van der Waals surface area contributed by atoms with Gasteiger partial charge in [-0.05, 0) is 25.5 Å². The molecule has 1 rings (SSSR count). The first kappa shape index (κ1) is 11.0. The Labute approximate surface area is 84.5 Å². The van der Waals surface area contributed by atoms with Gasteiger partial charge in [0.05, 0.1) is 13.2 Å². The minimum Gasteiger partial charge on any atom is -0.496 e. The largest absolute Gasteiger partial charge is 0.496 e. The van der Waals surface area contributed by atoms with Crippen molar-refractivity contribution in [2.24, 2.45) is 5.73 Å². The Morgan fingerprint density at radius 2 is 2.21 bits per heavy atom. The van der Waals surface area contributed by atoms with Gasteiger partial charge in [-0.15, -0.1) is 0 Å². The van der Waals surface area contributed by atoms with Gasteiger partial charge >= 0.3 is 0 Å². The van der Waals surface area contributed by atoms with Crippen molar-refractivity contribution in [3.05, 3.63) is 29.3 Å². The predicted octanol–water partition coefficient (Wildman–Crippen LogP) is 1.39. The number of para-hydroxylation sites is 1. The molecule has 0 amide bonds. The third kappa shape index (κ3) is 2.25. The molecule has 0 spiro atoms. The number of aliphatic hydroxyl groups is 1. The summed E-state index contributed by atoms with van der Waals surface area (Å²) in [7, 11) is 1.61. The summed E-state index contributed by atoms with van der Waals surface area (Å²) in [4.78, 5) is 0. The summed E-state index contributed by atoms with van der Waals surface area (Å²) in [6, 6.07) is 5.73. The molecule has 3 nitrogen and oxygen atoms in total. The Hall–Kier alpha value is -1.06. The molecule has 0 aliphatic carbocycles. The summed E-state index contributed by atoms with van der Waals surface area (Å²) in [5, 5.41) is 9.80. The molecule has 0 heterocycles. The van der Waals surface area contributed by atoms with E-state index in [1.54, 1.807) is 7.11 Å². The Morgan fingerprint density at radius 1 is 1.50 bits per heavy atom. The molecule has 1 aromatic carbocycles. The maximum absolute atomic E-state index is 9.80. The number of methoxy groups -OCH3 is 1. The molecule has 0 saturated carbocycles. The number of hydrogen-bond donors (Lipinski definition) is 2. The molecule has 1 atom stereocenters. The first-order chi connectivity index (χ1) is 6.70. The first-order valence-corrected chi connectivity index (χ1v) is 4.72. The highest BCUT2D eigenvalue weighted by Crippen LogP contribution is 2.29. The number of nitrogens with two attached hydrogens (primary N) is 1. The van der Waals surface area contributed by atoms with E-state index in [1.807, 2.05) is 25.1 Å². The van der Waals surface area contributed by atoms with Crippen LogP contribution in [-0.2, 0) is 0 Å². The standard InChI is InChI=1S/C11H17NO2/c1-8-4-3-5-9(11(8)14-2)10(13)6-7-12/h3-5,10,13H,6-7,12H2,1-2H3/t10-/m1/s1. The molecule has 0 bridgehead atoms. The van der Waals surface area contributed by atoms with Crippen LogP contribution in [0, 0.1) is 6.92 Å². The summed E-state index contributed by atoms with van der Waals surface area (Å²) in [5.74, 6) is 0.758. The highest BCUT2D eigenvalue weighted by atomic mass is 16.5. The monoisotopic (exact) mass is 195 g/mol. The fourth-order valence-corrected chi connectivity index (χ4v) is 1.53. The maximum Gasteiger partial charge on any atom is 0.127 e. The van der Waals surface area contributed by atoms with E-state index in [2.05, 4.69) is 0 Å². The lowest BCUT2D eigenvalue weighted by Crippen LogP contribution is -2.08. The summed E-state index contributed by atoms with van der Waals surface area (Å²) < 4.78 is 5.24. The second-order valence-corrected chi connectivity index (χ2v) is 3.29. The van der Waals surface area contributed by atoms with E-state index in [1.165, 1.54) is 0 Å². The van der Waals surface area contributed by atoms with Crippen molar-refractivity contribution in [1.82, 2.24) is 0 Å². The Kier molecular flexibility index (Phi) is 3.92. The highest BCUT2D eigenvalue weighted by molar-refractivity contribution is 5.41. The molecule has 0 radical (unpaired) electrons. The fraction of sp³-hybridized carbons (Fsp3) is 0.455. The lowest BCUT2D eigenvalue weighted by molar-refractivity contribution is 0.166. The molecule has 0 fully saturated rings. The molecule has 3 heteroatoms. The SMILES string of the molecule is COc1c(C)cccc1[C@H](O)CCN. The van der Waals surface area contributed by atoms with Crippen LogP contribution in [-0.4, -0.2) is 18.8 Å². The normalized spacial score (nSPS) is 12.6. The Balaban J connectivity index is 3.00. The van der Waals surface area contributed by atoms with Gasteiger partial charge in [-0.1, -0.05) is 18.2 Å². The topological polar surface area (TPSA) is 55.5 Å². The predicted molar refractivity (Wildman–Crippen MR) is 56.4 cm³/mol. The van der Waals surface area contributed by atoms with E-state index in [4.69, 9.17) is 10.5 Å². The van der Waals surface area contributed by atoms with Crippen LogP contribution in [0.5, 0.6) is 5.75 Å². The minimum atomic E-state index is -0.533. The number of aryl methyl sites for hydroxylation is 1. The third-order valence-electron chi connectivity index (χ3n) is 2.25. The zero-order chi connectivity index (χ0) is 10.6. The van der Waals surface area contributed by atoms with Crippen LogP contribution in [0.4, 0.5) is 0 Å².